The second-order valence-electron chi connectivity index (χ2n) is 11.7. The number of fused-ring (bicyclic) bond motifs is 6. The van der Waals surface area contributed by atoms with Crippen LogP contribution < -0.4 is 0 Å². The first-order valence-electron chi connectivity index (χ1n) is 15.5. The van der Waals surface area contributed by atoms with Gasteiger partial charge in [0, 0.05) is 32.8 Å². The van der Waals surface area contributed by atoms with Crippen LogP contribution >= 0.6 is 0 Å². The number of hydrogen-bond acceptors (Lipinski definition) is 1. The average Bonchev–Trinajstić information content (AvgIpc) is 3.65. The number of rotatable bonds is 4. The van der Waals surface area contributed by atoms with Gasteiger partial charge in [-0.05, 0) is 71.3 Å². The fourth-order valence-corrected chi connectivity index (χ4v) is 7.16. The molecule has 0 aliphatic carbocycles. The van der Waals surface area contributed by atoms with Crippen molar-refractivity contribution in [2.75, 3.05) is 0 Å². The van der Waals surface area contributed by atoms with Gasteiger partial charge in [-0.1, -0.05) is 109 Å². The number of hydrogen-bond donors (Lipinski definition) is 0. The van der Waals surface area contributed by atoms with Gasteiger partial charge in [-0.25, -0.2) is 0 Å². The van der Waals surface area contributed by atoms with Crippen molar-refractivity contribution in [2.45, 2.75) is 0 Å². The molecule has 9 rings (SSSR count). The fraction of sp³-hybridized carbons (Fsp3) is 0. The first kappa shape index (κ1) is 26.1. The van der Waals surface area contributed by atoms with Crippen LogP contribution in [0.5, 0.6) is 0 Å². The highest BCUT2D eigenvalue weighted by Gasteiger charge is 2.18. The number of aromatic nitrogens is 2. The largest absolute Gasteiger partial charge is 0.309 e. The maximum Gasteiger partial charge on any atom is 0.0991 e. The molecule has 0 fully saturated rings. The van der Waals surface area contributed by atoms with Gasteiger partial charge in [0.15, 0.2) is 0 Å². The van der Waals surface area contributed by atoms with E-state index in [2.05, 4.69) is 167 Å². The highest BCUT2D eigenvalue weighted by atomic mass is 15.0. The van der Waals surface area contributed by atoms with Crippen molar-refractivity contribution in [3.63, 3.8) is 0 Å². The molecule has 7 aromatic carbocycles. The van der Waals surface area contributed by atoms with Gasteiger partial charge >= 0.3 is 0 Å². The molecule has 0 saturated carbocycles. The summed E-state index contributed by atoms with van der Waals surface area (Å²) in [6, 6.07) is 60.1. The zero-order valence-corrected chi connectivity index (χ0v) is 24.9. The minimum absolute atomic E-state index is 0.635. The van der Waals surface area contributed by atoms with E-state index in [1.165, 1.54) is 32.6 Å². The zero-order chi connectivity index (χ0) is 30.6. The molecule has 214 valence electrons. The van der Waals surface area contributed by atoms with E-state index in [-0.39, 0.29) is 0 Å². The van der Waals surface area contributed by atoms with Gasteiger partial charge in [0.05, 0.1) is 39.4 Å². The Morgan fingerprint density at radius 2 is 0.848 bits per heavy atom. The van der Waals surface area contributed by atoms with E-state index in [4.69, 9.17) is 0 Å². The van der Waals surface area contributed by atoms with Crippen molar-refractivity contribution in [2.24, 2.45) is 0 Å². The molecule has 0 bridgehead atoms. The van der Waals surface area contributed by atoms with Crippen molar-refractivity contribution in [3.05, 3.63) is 169 Å². The summed E-state index contributed by atoms with van der Waals surface area (Å²) in [6.07, 6.45) is 0. The normalized spacial score (nSPS) is 11.5. The molecule has 0 amide bonds. The van der Waals surface area contributed by atoms with E-state index < -0.39 is 0 Å². The average molecular weight is 586 g/mol. The van der Waals surface area contributed by atoms with Gasteiger partial charge in [0.2, 0.25) is 0 Å². The highest BCUT2D eigenvalue weighted by molar-refractivity contribution is 6.10. The minimum atomic E-state index is 0.635. The lowest BCUT2D eigenvalue weighted by Crippen LogP contribution is -1.99. The Balaban J connectivity index is 1.23. The van der Waals surface area contributed by atoms with Crippen molar-refractivity contribution in [3.8, 4) is 39.7 Å². The molecule has 0 N–H and O–H groups in total. The second kappa shape index (κ2) is 10.4. The van der Waals surface area contributed by atoms with Crippen LogP contribution in [0.1, 0.15) is 5.56 Å². The molecule has 0 radical (unpaired) electrons. The Labute approximate surface area is 266 Å². The van der Waals surface area contributed by atoms with E-state index >= 15 is 0 Å². The zero-order valence-electron chi connectivity index (χ0n) is 24.9. The molecule has 3 heteroatoms. The minimum Gasteiger partial charge on any atom is -0.309 e. The SMILES string of the molecule is N#Cc1ccc(-n2c3ccccc3c3ccccc32)c(-c2ccccc2-c2ccc(-n3c4ccccc4c4ccccc43)cc2)c1. The highest BCUT2D eigenvalue weighted by Crippen LogP contribution is 2.40. The van der Waals surface area contributed by atoms with Crippen molar-refractivity contribution in [1.82, 2.24) is 9.13 Å². The smallest absolute Gasteiger partial charge is 0.0991 e. The van der Waals surface area contributed by atoms with Gasteiger partial charge in [-0.15, -0.1) is 0 Å². The van der Waals surface area contributed by atoms with Crippen LogP contribution in [0, 0.1) is 11.3 Å². The molecule has 3 nitrogen and oxygen atoms in total. The standard InChI is InChI=1S/C43H27N3/c44-28-29-21-26-43(46-41-19-9-5-15-36(41)37-16-6-10-20-42(37)46)38(27-29)33-12-2-1-11-32(33)30-22-24-31(25-23-30)45-39-17-7-3-13-34(39)35-14-4-8-18-40(35)45/h1-27H. The quantitative estimate of drug-likeness (QED) is 0.202. The Morgan fingerprint density at radius 1 is 0.391 bits per heavy atom. The van der Waals surface area contributed by atoms with E-state index in [9.17, 15) is 5.26 Å². The van der Waals surface area contributed by atoms with Crippen LogP contribution in [0.2, 0.25) is 0 Å². The number of nitrogens with zero attached hydrogens (tertiary/aromatic N) is 3. The van der Waals surface area contributed by atoms with Crippen LogP contribution in [0.15, 0.2) is 164 Å². The summed E-state index contributed by atoms with van der Waals surface area (Å²) >= 11 is 0. The third kappa shape index (κ3) is 3.91. The summed E-state index contributed by atoms with van der Waals surface area (Å²) in [5.74, 6) is 0. The molecule has 0 aliphatic heterocycles. The topological polar surface area (TPSA) is 33.6 Å². The third-order valence-electron chi connectivity index (χ3n) is 9.18. The molecule has 0 atom stereocenters. The van der Waals surface area contributed by atoms with E-state index in [0.29, 0.717) is 5.56 Å². The molecule has 2 heterocycles. The van der Waals surface area contributed by atoms with Gasteiger partial charge in [0.25, 0.3) is 0 Å². The summed E-state index contributed by atoms with van der Waals surface area (Å²) in [5.41, 5.74) is 11.8. The molecular weight excluding hydrogens is 558 g/mol. The summed E-state index contributed by atoms with van der Waals surface area (Å²) < 4.78 is 4.68. The van der Waals surface area contributed by atoms with Gasteiger partial charge in [0.1, 0.15) is 0 Å². The predicted molar refractivity (Wildman–Crippen MR) is 191 cm³/mol. The fourth-order valence-electron chi connectivity index (χ4n) is 7.16. The Hall–Kier alpha value is -6.37. The third-order valence-corrected chi connectivity index (χ3v) is 9.18. The lowest BCUT2D eigenvalue weighted by Gasteiger charge is -2.18. The number of para-hydroxylation sites is 4. The number of nitriles is 1. The molecule has 0 saturated heterocycles. The molecule has 2 aromatic heterocycles. The molecule has 0 unspecified atom stereocenters. The maximum absolute atomic E-state index is 9.97. The van der Waals surface area contributed by atoms with Crippen LogP contribution in [0.25, 0.3) is 77.2 Å². The van der Waals surface area contributed by atoms with E-state index in [1.54, 1.807) is 0 Å². The first-order valence-corrected chi connectivity index (χ1v) is 15.5. The molecular formula is C43H27N3. The van der Waals surface area contributed by atoms with Gasteiger partial charge in [-0.3, -0.25) is 0 Å². The summed E-state index contributed by atoms with van der Waals surface area (Å²) in [7, 11) is 0. The van der Waals surface area contributed by atoms with Crippen LogP contribution in [-0.2, 0) is 0 Å². The summed E-state index contributed by atoms with van der Waals surface area (Å²) in [6.45, 7) is 0. The van der Waals surface area contributed by atoms with Crippen molar-refractivity contribution < 1.29 is 0 Å². The van der Waals surface area contributed by atoms with Gasteiger partial charge < -0.3 is 9.13 Å². The molecule has 46 heavy (non-hydrogen) atoms. The second-order valence-corrected chi connectivity index (χ2v) is 11.7. The molecule has 9 aromatic rings. The van der Waals surface area contributed by atoms with Crippen LogP contribution in [-0.4, -0.2) is 9.13 Å². The van der Waals surface area contributed by atoms with Crippen LogP contribution in [0.3, 0.4) is 0 Å². The predicted octanol–water partition coefficient (Wildman–Crippen LogP) is 11.1. The monoisotopic (exact) mass is 585 g/mol. The lowest BCUT2D eigenvalue weighted by molar-refractivity contribution is 1.18. The Kier molecular flexibility index (Phi) is 5.88. The van der Waals surface area contributed by atoms with Crippen molar-refractivity contribution in [1.29, 1.82) is 5.26 Å². The maximum atomic E-state index is 9.97. The van der Waals surface area contributed by atoms with Crippen molar-refractivity contribution >= 4 is 43.6 Å². The Morgan fingerprint density at radius 3 is 1.37 bits per heavy atom. The van der Waals surface area contributed by atoms with Crippen LogP contribution in [0.4, 0.5) is 0 Å². The number of benzene rings is 7. The van der Waals surface area contributed by atoms with E-state index in [0.717, 1.165) is 44.7 Å². The lowest BCUT2D eigenvalue weighted by atomic mass is 9.92. The molecule has 0 spiro atoms. The summed E-state index contributed by atoms with van der Waals surface area (Å²) in [4.78, 5) is 0. The molecule has 0 aliphatic rings. The Bertz CT molecular complexity index is 2540. The summed E-state index contributed by atoms with van der Waals surface area (Å²) in [5, 5.41) is 14.9. The first-order chi connectivity index (χ1) is 22.8. The van der Waals surface area contributed by atoms with Gasteiger partial charge in [-0.2, -0.15) is 5.26 Å². The van der Waals surface area contributed by atoms with E-state index in [1.807, 2.05) is 12.1 Å².